The van der Waals surface area contributed by atoms with E-state index in [2.05, 4.69) is 25.5 Å². The predicted molar refractivity (Wildman–Crippen MR) is 105 cm³/mol. The number of halogens is 1. The van der Waals surface area contributed by atoms with Crippen LogP contribution in [0.3, 0.4) is 0 Å². The first kappa shape index (κ1) is 17.5. The summed E-state index contributed by atoms with van der Waals surface area (Å²) < 4.78 is 18.4. The highest BCUT2D eigenvalue weighted by atomic mass is 19.1. The van der Waals surface area contributed by atoms with Crippen LogP contribution in [0.2, 0.25) is 0 Å². The van der Waals surface area contributed by atoms with Gasteiger partial charge in [0.1, 0.15) is 23.0 Å². The van der Waals surface area contributed by atoms with E-state index in [1.165, 1.54) is 12.1 Å². The van der Waals surface area contributed by atoms with Gasteiger partial charge in [0.2, 0.25) is 5.82 Å². The fourth-order valence-electron chi connectivity index (χ4n) is 2.63. The second kappa shape index (κ2) is 7.79. The average molecular weight is 373 g/mol. The van der Waals surface area contributed by atoms with Gasteiger partial charge < -0.3 is 10.1 Å². The van der Waals surface area contributed by atoms with Crippen molar-refractivity contribution in [3.05, 3.63) is 78.7 Å². The van der Waals surface area contributed by atoms with Gasteiger partial charge in [0.15, 0.2) is 5.82 Å². The van der Waals surface area contributed by atoms with Crippen LogP contribution in [-0.4, -0.2) is 27.3 Å². The maximum absolute atomic E-state index is 13.2. The zero-order valence-electron chi connectivity index (χ0n) is 15.0. The first-order valence-corrected chi connectivity index (χ1v) is 8.56. The monoisotopic (exact) mass is 373 g/mol. The van der Waals surface area contributed by atoms with Crippen molar-refractivity contribution in [2.75, 3.05) is 12.4 Å². The van der Waals surface area contributed by atoms with Crippen molar-refractivity contribution in [2.24, 2.45) is 0 Å². The highest BCUT2D eigenvalue weighted by Gasteiger charge is 2.14. The molecule has 0 saturated carbocycles. The van der Waals surface area contributed by atoms with Gasteiger partial charge in [0.25, 0.3) is 0 Å². The molecule has 4 aromatic rings. The molecule has 2 aromatic carbocycles. The van der Waals surface area contributed by atoms with Crippen LogP contribution < -0.4 is 10.1 Å². The molecule has 0 aliphatic heterocycles. The van der Waals surface area contributed by atoms with Gasteiger partial charge in [-0.3, -0.25) is 4.98 Å². The summed E-state index contributed by atoms with van der Waals surface area (Å²) in [7, 11) is 1.61. The van der Waals surface area contributed by atoms with E-state index in [1.54, 1.807) is 25.4 Å². The summed E-state index contributed by atoms with van der Waals surface area (Å²) in [6, 6.07) is 18.9. The Balaban J connectivity index is 1.78. The van der Waals surface area contributed by atoms with Crippen molar-refractivity contribution in [3.63, 3.8) is 0 Å². The first-order chi connectivity index (χ1) is 13.7. The lowest BCUT2D eigenvalue weighted by molar-refractivity contribution is 0.415. The van der Waals surface area contributed by atoms with Gasteiger partial charge in [0.05, 0.1) is 7.11 Å². The molecule has 138 valence electrons. The van der Waals surface area contributed by atoms with E-state index < -0.39 is 0 Å². The minimum absolute atomic E-state index is 0.309. The van der Waals surface area contributed by atoms with E-state index in [0.717, 1.165) is 11.3 Å². The van der Waals surface area contributed by atoms with Gasteiger partial charge in [-0.2, -0.15) is 0 Å². The van der Waals surface area contributed by atoms with E-state index in [9.17, 15) is 4.39 Å². The van der Waals surface area contributed by atoms with E-state index in [1.807, 2.05) is 42.5 Å². The Kier molecular flexibility index (Phi) is 4.88. The van der Waals surface area contributed by atoms with Gasteiger partial charge in [-0.15, -0.1) is 10.2 Å². The second-order valence-electron chi connectivity index (χ2n) is 5.91. The van der Waals surface area contributed by atoms with Crippen LogP contribution in [-0.2, 0) is 0 Å². The number of nitrogens with one attached hydrogen (secondary N) is 1. The molecule has 0 amide bonds. The zero-order valence-corrected chi connectivity index (χ0v) is 15.0. The van der Waals surface area contributed by atoms with Gasteiger partial charge in [-0.1, -0.05) is 6.07 Å². The summed E-state index contributed by atoms with van der Waals surface area (Å²) in [4.78, 5) is 8.88. The summed E-state index contributed by atoms with van der Waals surface area (Å²) in [5, 5.41) is 11.8. The largest absolute Gasteiger partial charge is 0.497 e. The molecular formula is C21H16FN5O. The van der Waals surface area contributed by atoms with Crippen LogP contribution in [0.5, 0.6) is 5.75 Å². The Morgan fingerprint density at radius 3 is 2.36 bits per heavy atom. The zero-order chi connectivity index (χ0) is 19.3. The van der Waals surface area contributed by atoms with Gasteiger partial charge >= 0.3 is 0 Å². The molecule has 2 heterocycles. The van der Waals surface area contributed by atoms with Crippen LogP contribution in [0.15, 0.2) is 72.9 Å². The summed E-state index contributed by atoms with van der Waals surface area (Å²) >= 11 is 0. The molecule has 2 aromatic heterocycles. The molecule has 4 rings (SSSR count). The Morgan fingerprint density at radius 2 is 1.68 bits per heavy atom. The molecule has 6 nitrogen and oxygen atoms in total. The Bertz CT molecular complexity index is 1070. The Hall–Kier alpha value is -3.87. The van der Waals surface area contributed by atoms with Crippen LogP contribution in [0.1, 0.15) is 0 Å². The molecule has 0 atom stereocenters. The van der Waals surface area contributed by atoms with E-state index in [4.69, 9.17) is 4.74 Å². The Morgan fingerprint density at radius 1 is 0.893 bits per heavy atom. The standard InChI is InChI=1S/C21H16FN5O/c1-28-17-11-5-14(6-12-17)19-21(24-16-9-7-15(22)8-10-16)25-20(27-26-19)18-4-2-3-13-23-18/h2-13H,1H3,(H,24,25,27). The molecule has 7 heteroatoms. The number of hydrogen-bond donors (Lipinski definition) is 1. The molecule has 1 N–H and O–H groups in total. The fraction of sp³-hybridized carbons (Fsp3) is 0.0476. The minimum Gasteiger partial charge on any atom is -0.497 e. The lowest BCUT2D eigenvalue weighted by Gasteiger charge is -2.12. The van der Waals surface area contributed by atoms with Crippen molar-refractivity contribution in [3.8, 4) is 28.5 Å². The number of benzene rings is 2. The minimum atomic E-state index is -0.309. The maximum Gasteiger partial charge on any atom is 0.202 e. The topological polar surface area (TPSA) is 72.8 Å². The normalized spacial score (nSPS) is 10.5. The van der Waals surface area contributed by atoms with Crippen LogP contribution >= 0.6 is 0 Å². The quantitative estimate of drug-likeness (QED) is 0.556. The second-order valence-corrected chi connectivity index (χ2v) is 5.91. The maximum atomic E-state index is 13.2. The average Bonchev–Trinajstić information content (AvgIpc) is 2.76. The molecule has 0 aliphatic rings. The number of rotatable bonds is 5. The molecule has 0 spiro atoms. The van der Waals surface area contributed by atoms with Gasteiger partial charge in [0, 0.05) is 17.4 Å². The first-order valence-electron chi connectivity index (χ1n) is 8.56. The number of methoxy groups -OCH3 is 1. The van der Waals surface area contributed by atoms with Crippen molar-refractivity contribution in [2.45, 2.75) is 0 Å². The van der Waals surface area contributed by atoms with E-state index >= 15 is 0 Å². The highest BCUT2D eigenvalue weighted by Crippen LogP contribution is 2.29. The van der Waals surface area contributed by atoms with Crippen molar-refractivity contribution < 1.29 is 9.13 Å². The highest BCUT2D eigenvalue weighted by molar-refractivity contribution is 5.76. The number of anilines is 2. The summed E-state index contributed by atoms with van der Waals surface area (Å²) in [6.07, 6.45) is 1.67. The van der Waals surface area contributed by atoms with Gasteiger partial charge in [-0.05, 0) is 60.7 Å². The molecule has 0 aliphatic carbocycles. The number of nitrogens with zero attached hydrogens (tertiary/aromatic N) is 4. The summed E-state index contributed by atoms with van der Waals surface area (Å²) in [5.41, 5.74) is 2.67. The lowest BCUT2D eigenvalue weighted by Crippen LogP contribution is -2.04. The van der Waals surface area contributed by atoms with Crippen molar-refractivity contribution in [1.82, 2.24) is 20.2 Å². The number of hydrogen-bond acceptors (Lipinski definition) is 6. The molecule has 28 heavy (non-hydrogen) atoms. The molecule has 0 bridgehead atoms. The summed E-state index contributed by atoms with van der Waals surface area (Å²) in [5.74, 6) is 1.31. The fourth-order valence-corrected chi connectivity index (χ4v) is 2.63. The van der Waals surface area contributed by atoms with E-state index in [-0.39, 0.29) is 5.82 Å². The summed E-state index contributed by atoms with van der Waals surface area (Å²) in [6.45, 7) is 0. The van der Waals surface area contributed by atoms with Crippen LogP contribution in [0.4, 0.5) is 15.9 Å². The number of pyridine rings is 1. The number of aromatic nitrogens is 4. The number of ether oxygens (including phenoxy) is 1. The van der Waals surface area contributed by atoms with Gasteiger partial charge in [-0.25, -0.2) is 9.37 Å². The van der Waals surface area contributed by atoms with Crippen molar-refractivity contribution >= 4 is 11.5 Å². The third-order valence-electron chi connectivity index (χ3n) is 4.05. The lowest BCUT2D eigenvalue weighted by atomic mass is 10.1. The third-order valence-corrected chi connectivity index (χ3v) is 4.05. The SMILES string of the molecule is COc1ccc(-c2nnc(-c3ccccn3)nc2Nc2ccc(F)cc2)cc1. The van der Waals surface area contributed by atoms with Crippen LogP contribution in [0.25, 0.3) is 22.8 Å². The molecule has 0 saturated heterocycles. The predicted octanol–water partition coefficient (Wildman–Crippen LogP) is 4.49. The smallest absolute Gasteiger partial charge is 0.202 e. The van der Waals surface area contributed by atoms with Crippen molar-refractivity contribution in [1.29, 1.82) is 0 Å². The molecule has 0 radical (unpaired) electrons. The molecule has 0 unspecified atom stereocenters. The Labute approximate surface area is 161 Å². The third kappa shape index (κ3) is 3.78. The van der Waals surface area contributed by atoms with Crippen LogP contribution in [0, 0.1) is 5.82 Å². The molecule has 0 fully saturated rings. The molecular weight excluding hydrogens is 357 g/mol. The van der Waals surface area contributed by atoms with E-state index in [0.29, 0.717) is 28.7 Å².